The number of nitrogens with zero attached hydrogens (tertiary/aromatic N) is 5. The molecule has 2 heterocycles. The molecule has 0 aliphatic heterocycles. The van der Waals surface area contributed by atoms with Crippen molar-refractivity contribution in [1.82, 2.24) is 40.4 Å². The molecule has 0 spiro atoms. The van der Waals surface area contributed by atoms with E-state index in [1.807, 2.05) is 6.92 Å². The van der Waals surface area contributed by atoms with Crippen LogP contribution in [0.2, 0.25) is 15.1 Å². The number of aryl methyl sites for hydroxylation is 1. The SMILES string of the molecule is C.C.CC(C1CC1)N(CC(=O)NCc1cccc(Cl)c1F)C(=O)Cn1nc(C(N)=O)c2ccccc21.C[C@H](N)C1CC1.C[C@H](NCC(=O)NCc1cccc(Cl)c1F)C1CC1.NC(=O)c1nn(CC(=O)O)c2ccccc12.O=C(CBr)CCc1cccc(Cl)c1F.O=CO[O-].[H-].[K+].[K+]. The van der Waals surface area contributed by atoms with Crippen LogP contribution in [0, 0.1) is 35.2 Å². The van der Waals surface area contributed by atoms with Crippen molar-refractivity contribution in [3.8, 4) is 0 Å². The van der Waals surface area contributed by atoms with E-state index < -0.39 is 41.1 Å². The monoisotopic (exact) mass is 1520 g/mol. The van der Waals surface area contributed by atoms with Crippen LogP contribution in [-0.2, 0) is 66.3 Å². The number of nitrogens with one attached hydrogen (secondary N) is 3. The number of hydrogen-bond donors (Lipinski definition) is 7. The quantitative estimate of drug-likeness (QED) is 0.0150. The molecule has 0 saturated heterocycles. The Morgan fingerprint density at radius 3 is 1.48 bits per heavy atom. The van der Waals surface area contributed by atoms with Crippen molar-refractivity contribution in [2.75, 3.05) is 18.4 Å². The van der Waals surface area contributed by atoms with Gasteiger partial charge in [-0.3, -0.25) is 47.7 Å². The number of nitrogens with two attached hydrogens (primary N) is 3. The average molecular weight is 1530 g/mol. The molecule has 5 amide bonds. The number of primary amides is 2. The molecule has 5 aromatic carbocycles. The standard InChI is InChI=1S/C24H25ClFN5O3.C14H18ClFN2O.C10H9BrClFO.C10H9N3O3.C5H11N.CH2O3.2CH4.2K.H/c1-14(15-9-10-15)30(12-20(32)28-11-16-5-4-7-18(25)22(16)26)21(33)13-31-19-8-3-2-6-17(19)23(29-31)24(27)34;1-9(10-5-6-10)17-8-13(19)18-7-11-3-2-4-12(15)14(11)16;11-6-8(14)5-4-7-2-1-3-9(12)10(7)13;11-10(16)9-6-3-1-2-4-7(6)13(12-9)5-8(14)15;1-4(6)5-2-3-5;2-1-4-3;;;;;/h2-8,14-15H,9-13H2,1H3,(H2,27,34)(H,28,32);2-4,9-10,17H,5-8H2,1H3,(H,18,19);1-3H,4-6H2;1-4H,5H2,(H2,11,16)(H,14,15);4-5H,2-3,6H2,1H3;1,3H;2*1H4;;;/q;;;;;;;;2*+1;-1/p-1/t;9-;;;4-;;;;;;/m.0..0....../s1. The number of benzene rings is 5. The minimum absolute atomic E-state index is 0. The molecule has 0 radical (unpaired) electrons. The van der Waals surface area contributed by atoms with Crippen molar-refractivity contribution >= 4 is 120 Å². The minimum Gasteiger partial charge on any atom is -1.00 e. The normalized spacial score (nSPS) is 13.2. The summed E-state index contributed by atoms with van der Waals surface area (Å²) in [4.78, 5) is 94.9. The third-order valence-electron chi connectivity index (χ3n) is 15.0. The number of ketones is 1. The number of carboxylic acids is 1. The van der Waals surface area contributed by atoms with Gasteiger partial charge < -0.3 is 54.7 Å². The summed E-state index contributed by atoms with van der Waals surface area (Å²) >= 11 is 20.1. The number of carbonyl (C=O) groups is 8. The summed E-state index contributed by atoms with van der Waals surface area (Å²) in [7, 11) is 0. The molecular formula is C66H82BrCl3F3K2N11O11. The van der Waals surface area contributed by atoms with Crippen LogP contribution in [0.1, 0.15) is 120 Å². The van der Waals surface area contributed by atoms with E-state index in [0.717, 1.165) is 18.8 Å². The van der Waals surface area contributed by atoms with Crippen LogP contribution in [-0.4, -0.2) is 114 Å². The van der Waals surface area contributed by atoms with Gasteiger partial charge in [-0.15, -0.1) is 0 Å². The van der Waals surface area contributed by atoms with Crippen LogP contribution in [0.3, 0.4) is 0 Å². The molecule has 31 heteroatoms. The number of carbonyl (C=O) groups excluding carboxylic acids is 7. The van der Waals surface area contributed by atoms with E-state index in [1.54, 1.807) is 78.9 Å². The number of alkyl halides is 1. The fraction of sp³-hybridized carbons (Fsp3) is 0.394. The van der Waals surface area contributed by atoms with E-state index >= 15 is 0 Å². The Morgan fingerprint density at radius 1 is 0.680 bits per heavy atom. The van der Waals surface area contributed by atoms with Gasteiger partial charge in [0.25, 0.3) is 18.3 Å². The molecule has 3 fully saturated rings. The molecule has 3 saturated carbocycles. The van der Waals surface area contributed by atoms with Crippen LogP contribution < -0.4 is 141 Å². The maximum Gasteiger partial charge on any atom is 1.00 e. The van der Waals surface area contributed by atoms with E-state index in [0.29, 0.717) is 75.0 Å². The molecule has 3 aliphatic rings. The number of rotatable bonds is 24. The first-order valence-electron chi connectivity index (χ1n) is 29.4. The van der Waals surface area contributed by atoms with Crippen molar-refractivity contribution in [3.05, 3.63) is 164 Å². The van der Waals surface area contributed by atoms with Crippen molar-refractivity contribution in [3.63, 3.8) is 0 Å². The van der Waals surface area contributed by atoms with Gasteiger partial charge in [0.2, 0.25) is 17.7 Å². The van der Waals surface area contributed by atoms with Gasteiger partial charge in [-0.1, -0.05) is 138 Å². The maximum atomic E-state index is 14.1. The Labute approximate surface area is 672 Å². The minimum atomic E-state index is -1.02. The molecule has 22 nitrogen and oxygen atoms in total. The number of hydrogen-bond acceptors (Lipinski definition) is 14. The zero-order valence-corrected chi connectivity index (χ0v) is 63.2. The molecule has 3 atom stereocenters. The predicted molar refractivity (Wildman–Crippen MR) is 361 cm³/mol. The second kappa shape index (κ2) is 45.9. The zero-order chi connectivity index (χ0) is 68.5. The molecule has 2 aromatic heterocycles. The largest absolute Gasteiger partial charge is 1.00 e. The molecule has 518 valence electrons. The number of aromatic nitrogens is 4. The molecule has 3 aliphatic carbocycles. The first kappa shape index (κ1) is 90.3. The van der Waals surface area contributed by atoms with Crippen LogP contribution in [0.25, 0.3) is 21.8 Å². The predicted octanol–water partition coefficient (Wildman–Crippen LogP) is 3.52. The summed E-state index contributed by atoms with van der Waals surface area (Å²) in [5.74, 6) is -2.74. The van der Waals surface area contributed by atoms with E-state index in [4.69, 9.17) is 67.2 Å². The van der Waals surface area contributed by atoms with Gasteiger partial charge in [0.05, 0.1) is 44.5 Å². The second-order valence-corrected chi connectivity index (χ2v) is 23.8. The van der Waals surface area contributed by atoms with E-state index in [1.165, 1.54) is 64.2 Å². The molecule has 10 rings (SSSR count). The molecule has 7 aromatic rings. The van der Waals surface area contributed by atoms with E-state index in [2.05, 4.69) is 60.8 Å². The van der Waals surface area contributed by atoms with Crippen molar-refractivity contribution < 1.29 is 171 Å². The summed E-state index contributed by atoms with van der Waals surface area (Å²) in [5, 5.41) is 35.4. The third kappa shape index (κ3) is 30.2. The molecule has 0 bridgehead atoms. The molecule has 97 heavy (non-hydrogen) atoms. The van der Waals surface area contributed by atoms with Crippen molar-refractivity contribution in [2.24, 2.45) is 35.0 Å². The summed E-state index contributed by atoms with van der Waals surface area (Å²) in [6.45, 7) is 5.64. The molecular weight excluding hydrogens is 1440 g/mol. The summed E-state index contributed by atoms with van der Waals surface area (Å²) in [6, 6.07) is 28.7. The third-order valence-corrected chi connectivity index (χ3v) is 16.5. The fourth-order valence-corrected chi connectivity index (χ4v) is 10.1. The Hall–Kier alpha value is -4.71. The van der Waals surface area contributed by atoms with Gasteiger partial charge in [0, 0.05) is 59.5 Å². The van der Waals surface area contributed by atoms with Crippen molar-refractivity contribution in [2.45, 2.75) is 131 Å². The Bertz CT molecular complexity index is 3740. The van der Waals surface area contributed by atoms with Gasteiger partial charge >= 0.3 is 109 Å². The Balaban J connectivity index is 0.00000126. The Kier molecular flexibility index (Phi) is 42.8. The van der Waals surface area contributed by atoms with Gasteiger partial charge in [-0.25, -0.2) is 13.2 Å². The van der Waals surface area contributed by atoms with Gasteiger partial charge in [0.1, 0.15) is 36.3 Å². The van der Waals surface area contributed by atoms with Crippen LogP contribution in [0.5, 0.6) is 0 Å². The van der Waals surface area contributed by atoms with E-state index in [-0.39, 0.29) is 220 Å². The van der Waals surface area contributed by atoms with Crippen LogP contribution >= 0.6 is 50.7 Å². The summed E-state index contributed by atoms with van der Waals surface area (Å²) in [5.41, 5.74) is 18.6. The number of Topliss-reactive ketones (excluding diaryl/α,β-unsaturated/α-hetero) is 1. The number of para-hydroxylation sites is 2. The van der Waals surface area contributed by atoms with Gasteiger partial charge in [0.15, 0.2) is 11.4 Å². The van der Waals surface area contributed by atoms with Crippen LogP contribution in [0.15, 0.2) is 103 Å². The maximum absolute atomic E-state index is 14.1. The number of fused-ring (bicyclic) bond motifs is 2. The number of aliphatic carboxylic acids is 1. The Morgan fingerprint density at radius 2 is 1.09 bits per heavy atom. The smallest absolute Gasteiger partial charge is 1.00 e. The topological polar surface area (TPSA) is 342 Å². The average Bonchev–Trinajstić information content (AvgIpc) is 1.65. The van der Waals surface area contributed by atoms with Crippen molar-refractivity contribution in [1.29, 1.82) is 0 Å². The second-order valence-electron chi connectivity index (χ2n) is 22.0. The molecule has 1 unspecified atom stereocenters. The summed E-state index contributed by atoms with van der Waals surface area (Å²) in [6.07, 6.45) is 7.93. The number of amides is 5. The zero-order valence-electron chi connectivity index (χ0n) is 54.1. The first-order valence-corrected chi connectivity index (χ1v) is 31.7. The number of halogens is 7. The van der Waals surface area contributed by atoms with Gasteiger partial charge in [-0.05, 0) is 119 Å². The fourth-order valence-electron chi connectivity index (χ4n) is 9.25. The summed E-state index contributed by atoms with van der Waals surface area (Å²) < 4.78 is 43.7. The van der Waals surface area contributed by atoms with Crippen LogP contribution in [0.4, 0.5) is 13.2 Å². The first-order chi connectivity index (χ1) is 44.3. The number of carboxylic acid groups (broad SMARTS) is 1. The van der Waals surface area contributed by atoms with E-state index in [9.17, 15) is 46.7 Å². The molecule has 10 N–H and O–H groups in total. The van der Waals surface area contributed by atoms with Gasteiger partial charge in [-0.2, -0.15) is 10.2 Å².